The molecule has 1 aliphatic rings. The maximum Gasteiger partial charge on any atom is 0.255 e. The van der Waals surface area contributed by atoms with Crippen molar-refractivity contribution < 1.29 is 14.4 Å². The van der Waals surface area contributed by atoms with E-state index in [9.17, 15) is 14.4 Å². The molecule has 2 aromatic rings. The summed E-state index contributed by atoms with van der Waals surface area (Å²) in [5.41, 5.74) is 2.99. The van der Waals surface area contributed by atoms with Gasteiger partial charge in [-0.15, -0.1) is 0 Å². The van der Waals surface area contributed by atoms with E-state index in [1.807, 2.05) is 24.3 Å². The van der Waals surface area contributed by atoms with Crippen LogP contribution in [-0.4, -0.2) is 54.2 Å². The van der Waals surface area contributed by atoms with Gasteiger partial charge in [0, 0.05) is 43.0 Å². The van der Waals surface area contributed by atoms with Gasteiger partial charge in [0.15, 0.2) is 0 Å². The van der Waals surface area contributed by atoms with Crippen LogP contribution >= 0.6 is 0 Å². The number of rotatable bonds is 5. The van der Waals surface area contributed by atoms with Crippen molar-refractivity contribution in [2.45, 2.75) is 13.3 Å². The first-order chi connectivity index (χ1) is 13.1. The van der Waals surface area contributed by atoms with E-state index in [2.05, 4.69) is 12.2 Å². The van der Waals surface area contributed by atoms with E-state index in [-0.39, 0.29) is 11.8 Å². The van der Waals surface area contributed by atoms with E-state index >= 15 is 0 Å². The van der Waals surface area contributed by atoms with Crippen LogP contribution in [0.5, 0.6) is 0 Å². The fraction of sp³-hybridized carbons (Fsp3) is 0.286. The molecule has 1 N–H and O–H groups in total. The summed E-state index contributed by atoms with van der Waals surface area (Å²) in [5.74, 6) is -0.291. The monoisotopic (exact) mass is 365 g/mol. The molecule has 0 unspecified atom stereocenters. The first-order valence-corrected chi connectivity index (χ1v) is 9.09. The number of carbonyl (C=O) groups excluding carboxylic acids is 3. The van der Waals surface area contributed by atoms with Crippen molar-refractivity contribution in [2.75, 3.05) is 31.5 Å². The van der Waals surface area contributed by atoms with Crippen molar-refractivity contribution in [3.8, 4) is 0 Å². The zero-order valence-corrected chi connectivity index (χ0v) is 15.4. The lowest BCUT2D eigenvalue weighted by Crippen LogP contribution is -2.48. The highest BCUT2D eigenvalue weighted by Crippen LogP contribution is 2.14. The van der Waals surface area contributed by atoms with Crippen LogP contribution in [0.4, 0.5) is 5.69 Å². The zero-order valence-electron chi connectivity index (χ0n) is 15.4. The van der Waals surface area contributed by atoms with E-state index in [1.54, 1.807) is 34.1 Å². The van der Waals surface area contributed by atoms with Crippen LogP contribution < -0.4 is 5.32 Å². The molecule has 0 bridgehead atoms. The fourth-order valence-corrected chi connectivity index (χ4v) is 3.00. The van der Waals surface area contributed by atoms with Gasteiger partial charge < -0.3 is 15.1 Å². The smallest absolute Gasteiger partial charge is 0.255 e. The second-order valence-electron chi connectivity index (χ2n) is 6.52. The van der Waals surface area contributed by atoms with E-state index in [0.29, 0.717) is 37.3 Å². The lowest BCUT2D eigenvalue weighted by molar-refractivity contribution is -0.119. The van der Waals surface area contributed by atoms with Crippen LogP contribution in [0.15, 0.2) is 48.5 Å². The number of aryl methyl sites for hydroxylation is 1. The Balaban J connectivity index is 1.61. The van der Waals surface area contributed by atoms with Crippen molar-refractivity contribution in [1.29, 1.82) is 0 Å². The molecule has 0 saturated carbocycles. The molecular weight excluding hydrogens is 342 g/mol. The molecule has 3 amide bonds. The standard InChI is InChI=1S/C21H23N3O3/c1-2-16-3-9-19(10-4-16)22-20(26)17-5-7-18(8-6-17)21(27)24-13-11-23(15-25)12-14-24/h3-10,15H,2,11-14H2,1H3,(H,22,26). The third-order valence-corrected chi connectivity index (χ3v) is 4.76. The van der Waals surface area contributed by atoms with E-state index < -0.39 is 0 Å². The van der Waals surface area contributed by atoms with Crippen LogP contribution in [-0.2, 0) is 11.2 Å². The normalized spacial score (nSPS) is 14.0. The molecule has 1 fully saturated rings. The predicted octanol–water partition coefficient (Wildman–Crippen LogP) is 2.42. The van der Waals surface area contributed by atoms with E-state index in [4.69, 9.17) is 0 Å². The molecule has 1 heterocycles. The predicted molar refractivity (Wildman–Crippen MR) is 104 cm³/mol. The van der Waals surface area contributed by atoms with Crippen LogP contribution in [0.25, 0.3) is 0 Å². The van der Waals surface area contributed by atoms with Gasteiger partial charge in [0.1, 0.15) is 0 Å². The summed E-state index contributed by atoms with van der Waals surface area (Å²) >= 11 is 0. The van der Waals surface area contributed by atoms with Gasteiger partial charge in [-0.2, -0.15) is 0 Å². The minimum atomic E-state index is -0.210. The number of carbonyl (C=O) groups is 3. The molecule has 0 aromatic heterocycles. The summed E-state index contributed by atoms with van der Waals surface area (Å²) in [6, 6.07) is 14.4. The summed E-state index contributed by atoms with van der Waals surface area (Å²) in [7, 11) is 0. The third-order valence-electron chi connectivity index (χ3n) is 4.76. The second-order valence-corrected chi connectivity index (χ2v) is 6.52. The van der Waals surface area contributed by atoms with Gasteiger partial charge >= 0.3 is 0 Å². The van der Waals surface area contributed by atoms with E-state index in [1.165, 1.54) is 5.56 Å². The van der Waals surface area contributed by atoms with Crippen LogP contribution in [0.3, 0.4) is 0 Å². The van der Waals surface area contributed by atoms with Gasteiger partial charge in [-0.25, -0.2) is 0 Å². The Morgan fingerprint density at radius 2 is 1.52 bits per heavy atom. The number of amides is 3. The Labute approximate surface area is 158 Å². The quantitative estimate of drug-likeness (QED) is 0.828. The number of benzene rings is 2. The first kappa shape index (κ1) is 18.6. The molecule has 3 rings (SSSR count). The van der Waals surface area contributed by atoms with Gasteiger partial charge in [0.2, 0.25) is 6.41 Å². The van der Waals surface area contributed by atoms with Crippen molar-refractivity contribution in [2.24, 2.45) is 0 Å². The fourth-order valence-electron chi connectivity index (χ4n) is 3.00. The lowest BCUT2D eigenvalue weighted by atomic mass is 10.1. The summed E-state index contributed by atoms with van der Waals surface area (Å²) in [6.45, 7) is 4.22. The second kappa shape index (κ2) is 8.49. The number of nitrogens with zero attached hydrogens (tertiary/aromatic N) is 2. The van der Waals surface area contributed by atoms with Gasteiger partial charge in [0.25, 0.3) is 11.8 Å². The van der Waals surface area contributed by atoms with Gasteiger partial charge in [-0.1, -0.05) is 19.1 Å². The molecule has 6 heteroatoms. The average molecular weight is 365 g/mol. The van der Waals surface area contributed by atoms with Gasteiger partial charge in [0.05, 0.1) is 0 Å². The Hall–Kier alpha value is -3.15. The Morgan fingerprint density at radius 1 is 0.926 bits per heavy atom. The molecule has 27 heavy (non-hydrogen) atoms. The largest absolute Gasteiger partial charge is 0.342 e. The van der Waals surface area contributed by atoms with Crippen LogP contribution in [0.1, 0.15) is 33.2 Å². The molecule has 1 saturated heterocycles. The summed E-state index contributed by atoms with van der Waals surface area (Å²) in [5, 5.41) is 2.86. The van der Waals surface area contributed by atoms with E-state index in [0.717, 1.165) is 18.5 Å². The Bertz CT molecular complexity index is 808. The topological polar surface area (TPSA) is 69.7 Å². The molecular formula is C21H23N3O3. The van der Waals surface area contributed by atoms with Crippen molar-refractivity contribution in [1.82, 2.24) is 9.80 Å². The number of hydrogen-bond acceptors (Lipinski definition) is 3. The maximum absolute atomic E-state index is 12.5. The highest BCUT2D eigenvalue weighted by molar-refractivity contribution is 6.05. The molecule has 2 aromatic carbocycles. The first-order valence-electron chi connectivity index (χ1n) is 9.09. The van der Waals surface area contributed by atoms with Crippen molar-refractivity contribution >= 4 is 23.9 Å². The maximum atomic E-state index is 12.5. The number of nitrogens with one attached hydrogen (secondary N) is 1. The van der Waals surface area contributed by atoms with Crippen LogP contribution in [0, 0.1) is 0 Å². The molecule has 1 aliphatic heterocycles. The minimum Gasteiger partial charge on any atom is -0.342 e. The number of hydrogen-bond donors (Lipinski definition) is 1. The molecule has 0 radical (unpaired) electrons. The highest BCUT2D eigenvalue weighted by atomic mass is 16.2. The van der Waals surface area contributed by atoms with Crippen molar-refractivity contribution in [3.05, 3.63) is 65.2 Å². The molecule has 0 spiro atoms. The van der Waals surface area contributed by atoms with Gasteiger partial charge in [-0.3, -0.25) is 14.4 Å². The summed E-state index contributed by atoms with van der Waals surface area (Å²) in [4.78, 5) is 39.1. The number of piperazine rings is 1. The molecule has 0 atom stereocenters. The van der Waals surface area contributed by atoms with Crippen LogP contribution in [0.2, 0.25) is 0 Å². The average Bonchev–Trinajstić information content (AvgIpc) is 2.74. The Morgan fingerprint density at radius 3 is 2.07 bits per heavy atom. The third kappa shape index (κ3) is 4.53. The minimum absolute atomic E-state index is 0.0809. The van der Waals surface area contributed by atoms with Crippen molar-refractivity contribution in [3.63, 3.8) is 0 Å². The highest BCUT2D eigenvalue weighted by Gasteiger charge is 2.21. The summed E-state index contributed by atoms with van der Waals surface area (Å²) < 4.78 is 0. The zero-order chi connectivity index (χ0) is 19.2. The molecule has 6 nitrogen and oxygen atoms in total. The summed E-state index contributed by atoms with van der Waals surface area (Å²) in [6.07, 6.45) is 1.76. The lowest BCUT2D eigenvalue weighted by Gasteiger charge is -2.32. The van der Waals surface area contributed by atoms with Gasteiger partial charge in [-0.05, 0) is 48.4 Å². The SMILES string of the molecule is CCc1ccc(NC(=O)c2ccc(C(=O)N3CCN(C=O)CC3)cc2)cc1. The molecule has 140 valence electrons. The number of anilines is 1. The molecule has 0 aliphatic carbocycles. The Kier molecular flexibility index (Phi) is 5.86.